The first-order valence-corrected chi connectivity index (χ1v) is 7.26. The molecule has 2 aromatic heterocycles. The smallest absolute Gasteiger partial charge is 0.350 e. The number of hydrogen-bond donors (Lipinski definition) is 4. The first kappa shape index (κ1) is 13.9. The van der Waals surface area contributed by atoms with Crippen molar-refractivity contribution in [3.05, 3.63) is 12.2 Å². The number of nitrogens with zero attached hydrogens (tertiary/aromatic N) is 3. The summed E-state index contributed by atoms with van der Waals surface area (Å²) < 4.78 is 15.7. The highest BCUT2D eigenvalue weighted by atomic mass is 31.2. The van der Waals surface area contributed by atoms with E-state index in [9.17, 15) is 4.57 Å². The van der Waals surface area contributed by atoms with Gasteiger partial charge in [-0.2, -0.15) is 0 Å². The fraction of sp³-hybridized carbons (Fsp3) is 0.444. The van der Waals surface area contributed by atoms with Crippen LogP contribution in [0.25, 0.3) is 11.2 Å². The van der Waals surface area contributed by atoms with Crippen LogP contribution in [0.4, 0.5) is 5.82 Å². The highest BCUT2D eigenvalue weighted by molar-refractivity contribution is 7.51. The predicted octanol–water partition coefficient (Wildman–Crippen LogP) is 0.0179. The van der Waals surface area contributed by atoms with Crippen molar-refractivity contribution in [2.45, 2.75) is 19.4 Å². The predicted molar refractivity (Wildman–Crippen MR) is 67.3 cm³/mol. The lowest BCUT2D eigenvalue weighted by atomic mass is 10.2. The van der Waals surface area contributed by atoms with E-state index in [0.717, 1.165) is 0 Å². The zero-order chi connectivity index (χ0) is 14.0. The zero-order valence-corrected chi connectivity index (χ0v) is 11.0. The molecule has 0 aliphatic rings. The summed E-state index contributed by atoms with van der Waals surface area (Å²) in [5.74, 6) is 0.690. The van der Waals surface area contributed by atoms with E-state index >= 15 is 0 Å². The second kappa shape index (κ2) is 5.22. The van der Waals surface area contributed by atoms with Crippen LogP contribution in [0.2, 0.25) is 0 Å². The number of nitrogens with two attached hydrogens (primary N) is 1. The number of H-pyrrole nitrogens is 1. The van der Waals surface area contributed by atoms with E-state index in [0.29, 0.717) is 17.0 Å². The molecule has 0 saturated carbocycles. The molecule has 19 heavy (non-hydrogen) atoms. The first-order chi connectivity index (χ1) is 8.85. The van der Waals surface area contributed by atoms with E-state index in [1.807, 2.05) is 0 Å². The fourth-order valence-corrected chi connectivity index (χ4v) is 1.98. The van der Waals surface area contributed by atoms with E-state index in [1.165, 1.54) is 6.33 Å². The number of aromatic nitrogens is 4. The Morgan fingerprint density at radius 3 is 2.95 bits per heavy atom. The standard InChI is InChI=1S/C9H14N5O4P/c1-5(18-4-19(15,16)17)2-6-13-8(10)7-9(14-6)12-3-11-7/h3,5H,2,4H2,1H3,(H2,15,16,17)(H3,10,11,12,13,14)/t5-/m1/s1. The summed E-state index contributed by atoms with van der Waals surface area (Å²) in [6.45, 7) is 1.67. The minimum absolute atomic E-state index is 0.277. The molecule has 2 rings (SSSR count). The van der Waals surface area contributed by atoms with Crippen LogP contribution in [0.15, 0.2) is 6.33 Å². The largest absolute Gasteiger partial charge is 0.382 e. The van der Waals surface area contributed by atoms with E-state index in [-0.39, 0.29) is 12.2 Å². The molecule has 0 unspecified atom stereocenters. The lowest BCUT2D eigenvalue weighted by Crippen LogP contribution is -2.15. The third-order valence-corrected chi connectivity index (χ3v) is 2.84. The third kappa shape index (κ3) is 3.71. The van der Waals surface area contributed by atoms with Crippen molar-refractivity contribution in [2.75, 3.05) is 12.1 Å². The molecule has 2 aromatic rings. The quantitative estimate of drug-likeness (QED) is 0.562. The SMILES string of the molecule is C[C@H](Cc1nc(N)c2[nH]cnc2n1)OCP(=O)(O)O. The summed E-state index contributed by atoms with van der Waals surface area (Å²) in [5.41, 5.74) is 6.74. The van der Waals surface area contributed by atoms with Gasteiger partial charge in [0.15, 0.2) is 11.5 Å². The van der Waals surface area contributed by atoms with Crippen LogP contribution in [-0.4, -0.2) is 42.2 Å². The average molecular weight is 287 g/mol. The lowest BCUT2D eigenvalue weighted by molar-refractivity contribution is 0.0873. The van der Waals surface area contributed by atoms with Gasteiger partial charge in [0.25, 0.3) is 0 Å². The summed E-state index contributed by atoms with van der Waals surface area (Å²) in [6.07, 6.45) is 0.678. The Kier molecular flexibility index (Phi) is 3.81. The minimum atomic E-state index is -4.17. The molecule has 0 amide bonds. The van der Waals surface area contributed by atoms with Crippen LogP contribution in [-0.2, 0) is 15.7 Å². The molecule has 0 fully saturated rings. The van der Waals surface area contributed by atoms with Gasteiger partial charge in [-0.25, -0.2) is 15.0 Å². The van der Waals surface area contributed by atoms with Crippen LogP contribution >= 0.6 is 7.60 Å². The second-order valence-corrected chi connectivity index (χ2v) is 5.69. The summed E-state index contributed by atoms with van der Waals surface area (Å²) in [4.78, 5) is 32.5. The van der Waals surface area contributed by atoms with Crippen molar-refractivity contribution < 1.29 is 19.1 Å². The maximum absolute atomic E-state index is 10.7. The van der Waals surface area contributed by atoms with Gasteiger partial charge in [-0.15, -0.1) is 0 Å². The highest BCUT2D eigenvalue weighted by Gasteiger charge is 2.17. The number of aromatic amines is 1. The molecular formula is C9H14N5O4P. The zero-order valence-electron chi connectivity index (χ0n) is 10.1. The number of hydrogen-bond acceptors (Lipinski definition) is 6. The molecule has 9 nitrogen and oxygen atoms in total. The van der Waals surface area contributed by atoms with Gasteiger partial charge in [0.1, 0.15) is 17.7 Å². The van der Waals surface area contributed by atoms with Crippen LogP contribution in [0.1, 0.15) is 12.7 Å². The summed E-state index contributed by atoms with van der Waals surface area (Å²) in [6, 6.07) is 0. The second-order valence-electron chi connectivity index (χ2n) is 4.10. The van der Waals surface area contributed by atoms with Gasteiger partial charge < -0.3 is 25.2 Å². The van der Waals surface area contributed by atoms with Gasteiger partial charge >= 0.3 is 7.60 Å². The van der Waals surface area contributed by atoms with Crippen LogP contribution < -0.4 is 5.73 Å². The molecule has 0 radical (unpaired) electrons. The van der Waals surface area contributed by atoms with Gasteiger partial charge in [0.05, 0.1) is 12.4 Å². The van der Waals surface area contributed by atoms with E-state index in [1.54, 1.807) is 6.92 Å². The van der Waals surface area contributed by atoms with Crippen LogP contribution in [0.3, 0.4) is 0 Å². The molecule has 5 N–H and O–H groups in total. The molecule has 0 aliphatic heterocycles. The van der Waals surface area contributed by atoms with Crippen molar-refractivity contribution in [2.24, 2.45) is 0 Å². The Bertz CT molecular complexity index is 624. The Balaban J connectivity index is 2.06. The number of rotatable bonds is 5. The molecule has 0 bridgehead atoms. The van der Waals surface area contributed by atoms with E-state index in [2.05, 4.69) is 19.9 Å². The molecule has 2 heterocycles. The Hall–Kier alpha value is -1.54. The van der Waals surface area contributed by atoms with Crippen LogP contribution in [0.5, 0.6) is 0 Å². The number of nitrogens with one attached hydrogen (secondary N) is 1. The molecule has 0 aromatic carbocycles. The maximum Gasteiger partial charge on any atom is 0.350 e. The highest BCUT2D eigenvalue weighted by Crippen LogP contribution is 2.34. The molecule has 0 aliphatic carbocycles. The minimum Gasteiger partial charge on any atom is -0.382 e. The van der Waals surface area contributed by atoms with Crippen molar-refractivity contribution in [1.82, 2.24) is 19.9 Å². The van der Waals surface area contributed by atoms with Gasteiger partial charge in [-0.3, -0.25) is 4.57 Å². The Labute approximate surface area is 108 Å². The van der Waals surface area contributed by atoms with Crippen LogP contribution in [0, 0.1) is 0 Å². The summed E-state index contributed by atoms with van der Waals surface area (Å²) in [5, 5.41) is 0. The number of ether oxygens (including phenoxy) is 1. The summed E-state index contributed by atoms with van der Waals surface area (Å²) in [7, 11) is -4.17. The molecule has 0 spiro atoms. The van der Waals surface area contributed by atoms with Crippen molar-refractivity contribution in [3.63, 3.8) is 0 Å². The number of fused-ring (bicyclic) bond motifs is 1. The van der Waals surface area contributed by atoms with Gasteiger partial charge in [-0.1, -0.05) is 0 Å². The van der Waals surface area contributed by atoms with E-state index < -0.39 is 20.0 Å². The lowest BCUT2D eigenvalue weighted by Gasteiger charge is -2.12. The van der Waals surface area contributed by atoms with Crippen molar-refractivity contribution in [1.29, 1.82) is 0 Å². The van der Waals surface area contributed by atoms with Gasteiger partial charge in [0, 0.05) is 6.42 Å². The first-order valence-electron chi connectivity index (χ1n) is 5.47. The van der Waals surface area contributed by atoms with Gasteiger partial charge in [-0.05, 0) is 6.92 Å². The van der Waals surface area contributed by atoms with E-state index in [4.69, 9.17) is 20.3 Å². The van der Waals surface area contributed by atoms with Crippen molar-refractivity contribution >= 4 is 24.6 Å². The molecule has 0 saturated heterocycles. The molecular weight excluding hydrogens is 273 g/mol. The Morgan fingerprint density at radius 1 is 1.53 bits per heavy atom. The summed E-state index contributed by atoms with van der Waals surface area (Å²) >= 11 is 0. The molecule has 10 heteroatoms. The fourth-order valence-electron chi connectivity index (χ4n) is 1.53. The molecule has 1 atom stereocenters. The Morgan fingerprint density at radius 2 is 2.26 bits per heavy atom. The normalized spacial score (nSPS) is 13.8. The maximum atomic E-state index is 10.7. The average Bonchev–Trinajstić information content (AvgIpc) is 2.74. The number of nitrogen functional groups attached to an aromatic ring is 1. The topological polar surface area (TPSA) is 147 Å². The molecule has 104 valence electrons. The van der Waals surface area contributed by atoms with Crippen molar-refractivity contribution in [3.8, 4) is 0 Å². The number of anilines is 1. The number of imidazole rings is 1. The van der Waals surface area contributed by atoms with Gasteiger partial charge in [0.2, 0.25) is 0 Å². The third-order valence-electron chi connectivity index (χ3n) is 2.36. The monoisotopic (exact) mass is 287 g/mol.